The van der Waals surface area contributed by atoms with Gasteiger partial charge in [0.1, 0.15) is 12.4 Å². The van der Waals surface area contributed by atoms with Crippen LogP contribution in [0.5, 0.6) is 5.75 Å². The number of ether oxygens (including phenoxy) is 1. The van der Waals surface area contributed by atoms with Crippen LogP contribution in [0.15, 0.2) is 47.4 Å². The SMILES string of the molecule is O=c1c(OCc2ccccc2F)cccn1CCO. The maximum Gasteiger partial charge on any atom is 0.292 e. The molecule has 1 aromatic heterocycles. The van der Waals surface area contributed by atoms with E-state index in [1.165, 1.54) is 16.7 Å². The standard InChI is InChI=1S/C14H14FNO3/c15-12-5-2-1-4-11(12)10-19-13-6-3-7-16(8-9-17)14(13)18/h1-7,17H,8-10H2. The van der Waals surface area contributed by atoms with Gasteiger partial charge in [-0.15, -0.1) is 0 Å². The molecule has 1 aromatic carbocycles. The number of rotatable bonds is 5. The van der Waals surface area contributed by atoms with Gasteiger partial charge in [-0.1, -0.05) is 18.2 Å². The number of halogens is 1. The molecule has 0 saturated heterocycles. The molecule has 100 valence electrons. The lowest BCUT2D eigenvalue weighted by molar-refractivity contribution is 0.267. The van der Waals surface area contributed by atoms with E-state index in [1.807, 2.05) is 0 Å². The van der Waals surface area contributed by atoms with E-state index in [9.17, 15) is 9.18 Å². The fourth-order valence-electron chi connectivity index (χ4n) is 1.68. The van der Waals surface area contributed by atoms with Gasteiger partial charge in [0.2, 0.25) is 0 Å². The van der Waals surface area contributed by atoms with E-state index in [4.69, 9.17) is 9.84 Å². The number of pyridine rings is 1. The third-order valence-corrected chi connectivity index (χ3v) is 2.67. The summed E-state index contributed by atoms with van der Waals surface area (Å²) in [4.78, 5) is 11.9. The first-order chi connectivity index (χ1) is 9.22. The van der Waals surface area contributed by atoms with Gasteiger partial charge in [-0.25, -0.2) is 4.39 Å². The Balaban J connectivity index is 2.14. The van der Waals surface area contributed by atoms with Crippen molar-refractivity contribution in [2.45, 2.75) is 13.2 Å². The van der Waals surface area contributed by atoms with Crippen molar-refractivity contribution in [3.8, 4) is 5.75 Å². The van der Waals surface area contributed by atoms with Gasteiger partial charge in [0.25, 0.3) is 5.56 Å². The summed E-state index contributed by atoms with van der Waals surface area (Å²) in [5.74, 6) is -0.228. The van der Waals surface area contributed by atoms with E-state index in [1.54, 1.807) is 30.5 Å². The predicted octanol–water partition coefficient (Wildman–Crippen LogP) is 1.56. The van der Waals surface area contributed by atoms with Crippen molar-refractivity contribution in [3.63, 3.8) is 0 Å². The van der Waals surface area contributed by atoms with Crippen molar-refractivity contribution < 1.29 is 14.2 Å². The number of hydrogen-bond donors (Lipinski definition) is 1. The second-order valence-electron chi connectivity index (χ2n) is 3.97. The summed E-state index contributed by atoms with van der Waals surface area (Å²) in [6.07, 6.45) is 1.56. The summed E-state index contributed by atoms with van der Waals surface area (Å²) in [6, 6.07) is 9.41. The highest BCUT2D eigenvalue weighted by Gasteiger charge is 2.06. The molecule has 0 aliphatic rings. The number of nitrogens with zero attached hydrogens (tertiary/aromatic N) is 1. The molecule has 2 aromatic rings. The van der Waals surface area contributed by atoms with Crippen LogP contribution < -0.4 is 10.3 Å². The Hall–Kier alpha value is -2.14. The van der Waals surface area contributed by atoms with Crippen LogP contribution >= 0.6 is 0 Å². The second kappa shape index (κ2) is 6.15. The smallest absolute Gasteiger partial charge is 0.292 e. The van der Waals surface area contributed by atoms with Gasteiger partial charge in [0, 0.05) is 18.3 Å². The summed E-state index contributed by atoms with van der Waals surface area (Å²) in [6.45, 7) is 0.0669. The summed E-state index contributed by atoms with van der Waals surface area (Å²) >= 11 is 0. The van der Waals surface area contributed by atoms with Gasteiger partial charge in [-0.2, -0.15) is 0 Å². The minimum atomic E-state index is -0.367. The first-order valence-electron chi connectivity index (χ1n) is 5.89. The van der Waals surface area contributed by atoms with Crippen LogP contribution in [0.1, 0.15) is 5.56 Å². The summed E-state index contributed by atoms with van der Waals surface area (Å²) < 4.78 is 20.1. The van der Waals surface area contributed by atoms with Crippen LogP contribution in [-0.2, 0) is 13.2 Å². The molecule has 4 nitrogen and oxygen atoms in total. The van der Waals surface area contributed by atoms with Crippen LogP contribution in [0.3, 0.4) is 0 Å². The third-order valence-electron chi connectivity index (χ3n) is 2.67. The van der Waals surface area contributed by atoms with Crippen molar-refractivity contribution >= 4 is 0 Å². The van der Waals surface area contributed by atoms with Gasteiger partial charge < -0.3 is 14.4 Å². The molecular weight excluding hydrogens is 249 g/mol. The van der Waals surface area contributed by atoms with E-state index < -0.39 is 0 Å². The lowest BCUT2D eigenvalue weighted by atomic mass is 10.2. The fraction of sp³-hybridized carbons (Fsp3) is 0.214. The highest BCUT2D eigenvalue weighted by atomic mass is 19.1. The summed E-state index contributed by atoms with van der Waals surface area (Å²) in [5.41, 5.74) is 0.0485. The zero-order valence-electron chi connectivity index (χ0n) is 10.3. The first-order valence-corrected chi connectivity index (χ1v) is 5.89. The van der Waals surface area contributed by atoms with E-state index in [0.717, 1.165) is 0 Å². The number of aliphatic hydroxyl groups excluding tert-OH is 1. The van der Waals surface area contributed by atoms with Crippen molar-refractivity contribution in [1.29, 1.82) is 0 Å². The molecule has 0 aliphatic carbocycles. The first kappa shape index (κ1) is 13.3. The van der Waals surface area contributed by atoms with Crippen LogP contribution in [-0.4, -0.2) is 16.3 Å². The second-order valence-corrected chi connectivity index (χ2v) is 3.97. The van der Waals surface area contributed by atoms with Crippen molar-refractivity contribution in [3.05, 3.63) is 64.3 Å². The fourth-order valence-corrected chi connectivity index (χ4v) is 1.68. The van der Waals surface area contributed by atoms with Gasteiger partial charge >= 0.3 is 0 Å². The zero-order chi connectivity index (χ0) is 13.7. The summed E-state index contributed by atoms with van der Waals surface area (Å²) in [5, 5.41) is 8.83. The average molecular weight is 263 g/mol. The normalized spacial score (nSPS) is 10.4. The predicted molar refractivity (Wildman–Crippen MR) is 68.5 cm³/mol. The summed E-state index contributed by atoms with van der Waals surface area (Å²) in [7, 11) is 0. The van der Waals surface area contributed by atoms with Gasteiger partial charge in [-0.3, -0.25) is 4.79 Å². The Kier molecular flexibility index (Phi) is 4.30. The quantitative estimate of drug-likeness (QED) is 0.890. The molecule has 0 spiro atoms. The van der Waals surface area contributed by atoms with E-state index in [2.05, 4.69) is 0 Å². The molecule has 19 heavy (non-hydrogen) atoms. The molecule has 0 aliphatic heterocycles. The largest absolute Gasteiger partial charge is 0.483 e. The highest BCUT2D eigenvalue weighted by Crippen LogP contribution is 2.10. The Morgan fingerprint density at radius 1 is 1.21 bits per heavy atom. The zero-order valence-corrected chi connectivity index (χ0v) is 10.3. The molecule has 0 unspecified atom stereocenters. The Morgan fingerprint density at radius 2 is 2.00 bits per heavy atom. The number of hydrogen-bond acceptors (Lipinski definition) is 3. The molecule has 1 heterocycles. The molecule has 0 radical (unpaired) electrons. The molecule has 0 atom stereocenters. The minimum absolute atomic E-state index is 0.00888. The molecule has 0 amide bonds. The van der Waals surface area contributed by atoms with Crippen LogP contribution in [0, 0.1) is 5.82 Å². The topological polar surface area (TPSA) is 51.5 Å². The van der Waals surface area contributed by atoms with E-state index in [0.29, 0.717) is 5.56 Å². The molecule has 0 saturated carbocycles. The maximum atomic E-state index is 13.4. The number of benzene rings is 1. The van der Waals surface area contributed by atoms with Crippen molar-refractivity contribution in [2.75, 3.05) is 6.61 Å². The average Bonchev–Trinajstić information content (AvgIpc) is 2.42. The lowest BCUT2D eigenvalue weighted by Gasteiger charge is -2.09. The van der Waals surface area contributed by atoms with Crippen molar-refractivity contribution in [1.82, 2.24) is 4.57 Å². The molecule has 0 fully saturated rings. The minimum Gasteiger partial charge on any atom is -0.483 e. The number of aromatic nitrogens is 1. The van der Waals surface area contributed by atoms with Crippen LogP contribution in [0.25, 0.3) is 0 Å². The lowest BCUT2D eigenvalue weighted by Crippen LogP contribution is -2.22. The molecule has 1 N–H and O–H groups in total. The highest BCUT2D eigenvalue weighted by molar-refractivity contribution is 5.20. The molecular formula is C14H14FNO3. The Bertz CT molecular complexity index is 610. The Morgan fingerprint density at radius 3 is 2.74 bits per heavy atom. The molecule has 0 bridgehead atoms. The van der Waals surface area contributed by atoms with E-state index >= 15 is 0 Å². The van der Waals surface area contributed by atoms with Gasteiger partial charge in [-0.05, 0) is 18.2 Å². The van der Waals surface area contributed by atoms with E-state index in [-0.39, 0.29) is 36.9 Å². The Labute approximate surface area is 109 Å². The number of aliphatic hydroxyl groups is 1. The molecule has 5 heteroatoms. The monoisotopic (exact) mass is 263 g/mol. The maximum absolute atomic E-state index is 13.4. The van der Waals surface area contributed by atoms with Gasteiger partial charge in [0.15, 0.2) is 5.75 Å². The molecule has 2 rings (SSSR count). The van der Waals surface area contributed by atoms with Crippen molar-refractivity contribution in [2.24, 2.45) is 0 Å². The van der Waals surface area contributed by atoms with Gasteiger partial charge in [0.05, 0.1) is 6.61 Å². The van der Waals surface area contributed by atoms with Crippen LogP contribution in [0.4, 0.5) is 4.39 Å². The third kappa shape index (κ3) is 3.20. The van der Waals surface area contributed by atoms with Crippen LogP contribution in [0.2, 0.25) is 0 Å².